The Labute approximate surface area is 111 Å². The number of hydrogen-bond acceptors (Lipinski definition) is 3. The van der Waals surface area contributed by atoms with Gasteiger partial charge >= 0.3 is 5.69 Å². The number of H-pyrrole nitrogens is 1. The van der Waals surface area contributed by atoms with Crippen LogP contribution in [0, 0.1) is 6.92 Å². The molecular weight excluding hydrogens is 246 g/mol. The molecular formula is C13H19N3O3. The van der Waals surface area contributed by atoms with Gasteiger partial charge in [0.05, 0.1) is 0 Å². The number of amides is 1. The summed E-state index contributed by atoms with van der Waals surface area (Å²) in [6.45, 7) is 3.13. The van der Waals surface area contributed by atoms with E-state index >= 15 is 0 Å². The molecule has 1 N–H and O–H groups in total. The summed E-state index contributed by atoms with van der Waals surface area (Å²) >= 11 is 0. The summed E-state index contributed by atoms with van der Waals surface area (Å²) in [5.41, 5.74) is -0.495. The fraction of sp³-hybridized carbons (Fsp3) is 0.615. The molecule has 0 aromatic carbocycles. The lowest BCUT2D eigenvalue weighted by atomic mass is 10.2. The predicted octanol–water partition coefficient (Wildman–Crippen LogP) is 0.248. The third-order valence-electron chi connectivity index (χ3n) is 3.45. The van der Waals surface area contributed by atoms with Gasteiger partial charge in [0.2, 0.25) is 5.91 Å². The number of carbonyl (C=O) groups excluding carboxylic acids is 1. The van der Waals surface area contributed by atoms with Gasteiger partial charge in [-0.3, -0.25) is 19.1 Å². The Bertz CT molecular complexity index is 565. The third-order valence-corrected chi connectivity index (χ3v) is 3.45. The van der Waals surface area contributed by atoms with Gasteiger partial charge in [-0.05, 0) is 19.8 Å². The minimum absolute atomic E-state index is 0.00352. The van der Waals surface area contributed by atoms with Crippen molar-refractivity contribution in [3.8, 4) is 0 Å². The number of aromatic amines is 1. The highest BCUT2D eigenvalue weighted by Crippen LogP contribution is 2.09. The fourth-order valence-electron chi connectivity index (χ4n) is 2.30. The lowest BCUT2D eigenvalue weighted by Gasteiger charge is -2.20. The normalized spacial score (nSPS) is 16.2. The standard InChI is InChI=1S/C13H19N3O3/c1-10-8-16(13(19)14-12(10)18)9-11(17)15-6-4-2-3-5-7-15/h8H,2-7,9H2,1H3,(H,14,18,19). The van der Waals surface area contributed by atoms with Gasteiger partial charge in [-0.1, -0.05) is 12.8 Å². The lowest BCUT2D eigenvalue weighted by molar-refractivity contribution is -0.131. The van der Waals surface area contributed by atoms with Crippen molar-refractivity contribution < 1.29 is 4.79 Å². The molecule has 0 unspecified atom stereocenters. The van der Waals surface area contributed by atoms with Crippen LogP contribution in [-0.2, 0) is 11.3 Å². The lowest BCUT2D eigenvalue weighted by Crippen LogP contribution is -2.39. The fourth-order valence-corrected chi connectivity index (χ4v) is 2.30. The Hall–Kier alpha value is -1.85. The first-order valence-corrected chi connectivity index (χ1v) is 6.66. The first-order valence-electron chi connectivity index (χ1n) is 6.66. The highest BCUT2D eigenvalue weighted by atomic mass is 16.2. The van der Waals surface area contributed by atoms with E-state index in [0.717, 1.165) is 38.8 Å². The molecule has 1 aliphatic heterocycles. The van der Waals surface area contributed by atoms with Crippen LogP contribution in [-0.4, -0.2) is 33.4 Å². The molecule has 1 aromatic heterocycles. The number of likely N-dealkylation sites (tertiary alicyclic amines) is 1. The third kappa shape index (κ3) is 3.33. The van der Waals surface area contributed by atoms with E-state index in [1.165, 1.54) is 10.8 Å². The van der Waals surface area contributed by atoms with Crippen LogP contribution in [0.5, 0.6) is 0 Å². The maximum Gasteiger partial charge on any atom is 0.328 e. The Morgan fingerprint density at radius 2 is 1.84 bits per heavy atom. The van der Waals surface area contributed by atoms with Crippen LogP contribution in [0.25, 0.3) is 0 Å². The van der Waals surface area contributed by atoms with Gasteiger partial charge in [0.25, 0.3) is 5.56 Å². The molecule has 0 spiro atoms. The highest BCUT2D eigenvalue weighted by Gasteiger charge is 2.16. The average Bonchev–Trinajstić information content (AvgIpc) is 2.64. The van der Waals surface area contributed by atoms with Crippen LogP contribution in [0.1, 0.15) is 31.2 Å². The summed E-state index contributed by atoms with van der Waals surface area (Å²) in [4.78, 5) is 39.0. The smallest absolute Gasteiger partial charge is 0.328 e. The molecule has 0 aliphatic carbocycles. The van der Waals surface area contributed by atoms with Crippen molar-refractivity contribution in [2.24, 2.45) is 0 Å². The zero-order chi connectivity index (χ0) is 13.8. The maximum absolute atomic E-state index is 12.1. The molecule has 0 saturated carbocycles. The highest BCUT2D eigenvalue weighted by molar-refractivity contribution is 5.76. The van der Waals surface area contributed by atoms with Gasteiger partial charge in [-0.25, -0.2) is 4.79 Å². The molecule has 1 saturated heterocycles. The second-order valence-corrected chi connectivity index (χ2v) is 4.99. The molecule has 1 amide bonds. The van der Waals surface area contributed by atoms with E-state index in [1.807, 2.05) is 0 Å². The molecule has 2 rings (SSSR count). The van der Waals surface area contributed by atoms with Crippen LogP contribution < -0.4 is 11.2 Å². The second-order valence-electron chi connectivity index (χ2n) is 4.99. The van der Waals surface area contributed by atoms with E-state index in [-0.39, 0.29) is 12.5 Å². The summed E-state index contributed by atoms with van der Waals surface area (Å²) in [5.74, 6) is -0.0598. The molecule has 6 nitrogen and oxygen atoms in total. The summed E-state index contributed by atoms with van der Waals surface area (Å²) in [7, 11) is 0. The summed E-state index contributed by atoms with van der Waals surface area (Å²) in [5, 5.41) is 0. The monoisotopic (exact) mass is 265 g/mol. The van der Waals surface area contributed by atoms with Crippen LogP contribution in [0.2, 0.25) is 0 Å². The molecule has 19 heavy (non-hydrogen) atoms. The SMILES string of the molecule is Cc1cn(CC(=O)N2CCCCCC2)c(=O)[nH]c1=O. The molecule has 104 valence electrons. The van der Waals surface area contributed by atoms with Crippen LogP contribution >= 0.6 is 0 Å². The Morgan fingerprint density at radius 1 is 1.21 bits per heavy atom. The minimum atomic E-state index is -0.529. The van der Waals surface area contributed by atoms with Gasteiger partial charge in [0.15, 0.2) is 0 Å². The van der Waals surface area contributed by atoms with E-state index in [9.17, 15) is 14.4 Å². The molecule has 0 bridgehead atoms. The molecule has 1 aliphatic rings. The Kier molecular flexibility index (Phi) is 4.19. The number of aryl methyl sites for hydroxylation is 1. The van der Waals surface area contributed by atoms with Gasteiger partial charge in [0.1, 0.15) is 6.54 Å². The van der Waals surface area contributed by atoms with Crippen LogP contribution in [0.4, 0.5) is 0 Å². The van der Waals surface area contributed by atoms with Crippen LogP contribution in [0.3, 0.4) is 0 Å². The van der Waals surface area contributed by atoms with Gasteiger partial charge in [-0.15, -0.1) is 0 Å². The van der Waals surface area contributed by atoms with Crippen molar-refractivity contribution in [2.75, 3.05) is 13.1 Å². The molecule has 1 aromatic rings. The van der Waals surface area contributed by atoms with E-state index in [4.69, 9.17) is 0 Å². The number of carbonyl (C=O) groups is 1. The predicted molar refractivity (Wildman–Crippen MR) is 71.1 cm³/mol. The quantitative estimate of drug-likeness (QED) is 0.832. The molecule has 1 fully saturated rings. The Morgan fingerprint density at radius 3 is 2.47 bits per heavy atom. The number of nitrogens with one attached hydrogen (secondary N) is 1. The second kappa shape index (κ2) is 5.86. The summed E-state index contributed by atoms with van der Waals surface area (Å²) in [6.07, 6.45) is 5.79. The minimum Gasteiger partial charge on any atom is -0.341 e. The number of aromatic nitrogens is 2. The topological polar surface area (TPSA) is 75.2 Å². The zero-order valence-electron chi connectivity index (χ0n) is 11.1. The van der Waals surface area contributed by atoms with Crippen molar-refractivity contribution >= 4 is 5.91 Å². The van der Waals surface area contributed by atoms with E-state index in [1.54, 1.807) is 11.8 Å². The van der Waals surface area contributed by atoms with E-state index < -0.39 is 11.2 Å². The largest absolute Gasteiger partial charge is 0.341 e. The summed E-state index contributed by atoms with van der Waals surface area (Å²) < 4.78 is 1.27. The molecule has 6 heteroatoms. The van der Waals surface area contributed by atoms with Crippen molar-refractivity contribution in [1.29, 1.82) is 0 Å². The van der Waals surface area contributed by atoms with Crippen molar-refractivity contribution in [2.45, 2.75) is 39.2 Å². The van der Waals surface area contributed by atoms with E-state index in [0.29, 0.717) is 5.56 Å². The van der Waals surface area contributed by atoms with Crippen molar-refractivity contribution in [3.05, 3.63) is 32.6 Å². The van der Waals surface area contributed by atoms with E-state index in [2.05, 4.69) is 4.98 Å². The zero-order valence-corrected chi connectivity index (χ0v) is 11.1. The number of rotatable bonds is 2. The van der Waals surface area contributed by atoms with Gasteiger partial charge < -0.3 is 4.90 Å². The Balaban J connectivity index is 2.12. The number of nitrogens with zero attached hydrogens (tertiary/aromatic N) is 2. The van der Waals surface area contributed by atoms with Crippen molar-refractivity contribution in [3.63, 3.8) is 0 Å². The first kappa shape index (κ1) is 13.6. The van der Waals surface area contributed by atoms with Crippen LogP contribution in [0.15, 0.2) is 15.8 Å². The molecule has 0 radical (unpaired) electrons. The van der Waals surface area contributed by atoms with Crippen molar-refractivity contribution in [1.82, 2.24) is 14.5 Å². The first-order chi connectivity index (χ1) is 9.08. The molecule has 2 heterocycles. The molecule has 0 atom stereocenters. The summed E-state index contributed by atoms with van der Waals surface area (Å²) in [6, 6.07) is 0. The maximum atomic E-state index is 12.1. The number of hydrogen-bond donors (Lipinski definition) is 1. The average molecular weight is 265 g/mol. The van der Waals surface area contributed by atoms with Gasteiger partial charge in [0, 0.05) is 24.8 Å². The van der Waals surface area contributed by atoms with Gasteiger partial charge in [-0.2, -0.15) is 0 Å².